The number of aliphatic hydroxyl groups excluding tert-OH is 2. The maximum atomic E-state index is 13.9. The molecule has 4 atom stereocenters. The number of aromatic nitrogens is 3. The van der Waals surface area contributed by atoms with Crippen molar-refractivity contribution in [1.29, 1.82) is 0 Å². The predicted octanol–water partition coefficient (Wildman–Crippen LogP) is 4.70. The van der Waals surface area contributed by atoms with Crippen molar-refractivity contribution in [3.63, 3.8) is 0 Å². The standard InChI is InChI=1S/C24H24F3N5O3S2/c1-12-17(21-29-14-5-2-3-6-15(14)37-21)20(32-23(35)9-8-13(11-33)19(23)34)31-22(28-12)30-18(24(25,26)27)16-7-4-10-36-16/h2-7,10,13,18-19,33-35H,8-9,11H2,1H3,(H2,28,30,31,32). The number of anilines is 2. The quantitative estimate of drug-likeness (QED) is 0.210. The third-order valence-corrected chi connectivity index (χ3v) is 8.42. The van der Waals surface area contributed by atoms with Crippen LogP contribution in [0.4, 0.5) is 24.9 Å². The predicted molar refractivity (Wildman–Crippen MR) is 137 cm³/mol. The highest BCUT2D eigenvalue weighted by molar-refractivity contribution is 7.21. The molecule has 0 bridgehead atoms. The summed E-state index contributed by atoms with van der Waals surface area (Å²) in [7, 11) is 0. The van der Waals surface area contributed by atoms with E-state index in [4.69, 9.17) is 0 Å². The molecule has 4 aromatic rings. The van der Waals surface area contributed by atoms with E-state index in [9.17, 15) is 28.5 Å². The molecule has 1 saturated carbocycles. The number of aryl methyl sites for hydroxylation is 1. The average Bonchev–Trinajstić information content (AvgIpc) is 3.57. The Morgan fingerprint density at radius 1 is 1.16 bits per heavy atom. The zero-order valence-corrected chi connectivity index (χ0v) is 21.2. The molecular formula is C24H24F3N5O3S2. The second kappa shape index (κ2) is 9.80. The number of aliphatic hydroxyl groups is 3. The Hall–Kier alpha value is -2.84. The zero-order valence-electron chi connectivity index (χ0n) is 19.5. The van der Waals surface area contributed by atoms with E-state index in [2.05, 4.69) is 25.6 Å². The first-order chi connectivity index (χ1) is 17.6. The van der Waals surface area contributed by atoms with E-state index in [1.807, 2.05) is 24.3 Å². The minimum atomic E-state index is -4.62. The summed E-state index contributed by atoms with van der Waals surface area (Å²) in [4.78, 5) is 13.3. The molecule has 0 aliphatic heterocycles. The van der Waals surface area contributed by atoms with Crippen LogP contribution < -0.4 is 10.6 Å². The smallest absolute Gasteiger partial charge is 0.396 e. The normalized spacial score (nSPS) is 22.9. The molecule has 1 aromatic carbocycles. The number of thiophene rings is 1. The van der Waals surface area contributed by atoms with Gasteiger partial charge in [-0.15, -0.1) is 22.7 Å². The van der Waals surface area contributed by atoms with Crippen LogP contribution in [0.3, 0.4) is 0 Å². The fourth-order valence-corrected chi connectivity index (χ4v) is 6.36. The second-order valence-electron chi connectivity index (χ2n) is 8.95. The van der Waals surface area contributed by atoms with Gasteiger partial charge in [0.1, 0.15) is 16.9 Å². The van der Waals surface area contributed by atoms with Crippen molar-refractivity contribution >= 4 is 44.7 Å². The number of hydrogen-bond donors (Lipinski definition) is 5. The highest BCUT2D eigenvalue weighted by Gasteiger charge is 2.47. The van der Waals surface area contributed by atoms with Gasteiger partial charge in [0, 0.05) is 17.4 Å². The summed E-state index contributed by atoms with van der Waals surface area (Å²) in [5.74, 6) is -0.825. The number of hydrogen-bond acceptors (Lipinski definition) is 10. The Labute approximate surface area is 217 Å². The minimum absolute atomic E-state index is 0.0290. The molecule has 0 amide bonds. The number of rotatable bonds is 7. The van der Waals surface area contributed by atoms with E-state index in [-0.39, 0.29) is 29.7 Å². The highest BCUT2D eigenvalue weighted by Crippen LogP contribution is 2.42. The van der Waals surface area contributed by atoms with Crippen LogP contribution in [-0.4, -0.2) is 54.9 Å². The summed E-state index contributed by atoms with van der Waals surface area (Å²) < 4.78 is 42.7. The fraction of sp³-hybridized carbons (Fsp3) is 0.375. The van der Waals surface area contributed by atoms with E-state index < -0.39 is 30.0 Å². The van der Waals surface area contributed by atoms with Crippen molar-refractivity contribution in [2.24, 2.45) is 5.92 Å². The fourth-order valence-electron chi connectivity index (χ4n) is 4.50. The molecule has 3 aromatic heterocycles. The van der Waals surface area contributed by atoms with E-state index >= 15 is 0 Å². The van der Waals surface area contributed by atoms with Gasteiger partial charge >= 0.3 is 6.18 Å². The molecule has 13 heteroatoms. The molecule has 8 nitrogen and oxygen atoms in total. The average molecular weight is 552 g/mol. The van der Waals surface area contributed by atoms with Gasteiger partial charge in [0.2, 0.25) is 5.95 Å². The van der Waals surface area contributed by atoms with Crippen molar-refractivity contribution in [2.45, 2.75) is 43.8 Å². The molecular weight excluding hydrogens is 527 g/mol. The summed E-state index contributed by atoms with van der Waals surface area (Å²) in [6.45, 7) is 1.30. The topological polar surface area (TPSA) is 123 Å². The molecule has 0 saturated heterocycles. The number of alkyl halides is 3. The van der Waals surface area contributed by atoms with Crippen LogP contribution >= 0.6 is 22.7 Å². The first-order valence-electron chi connectivity index (χ1n) is 11.5. The lowest BCUT2D eigenvalue weighted by molar-refractivity contribution is -0.143. The molecule has 5 N–H and O–H groups in total. The van der Waals surface area contributed by atoms with Gasteiger partial charge in [-0.1, -0.05) is 18.2 Å². The van der Waals surface area contributed by atoms with Crippen molar-refractivity contribution in [3.05, 3.63) is 52.3 Å². The van der Waals surface area contributed by atoms with Crippen molar-refractivity contribution in [3.8, 4) is 10.6 Å². The SMILES string of the molecule is Cc1nc(NC(c2cccs2)C(F)(F)F)nc(NC2(O)CCC(CO)C2O)c1-c1nc2ccccc2s1. The number of halogens is 3. The van der Waals surface area contributed by atoms with Gasteiger partial charge in [0.05, 0.1) is 21.5 Å². The molecule has 4 unspecified atom stereocenters. The van der Waals surface area contributed by atoms with Gasteiger partial charge in [0.25, 0.3) is 0 Å². The van der Waals surface area contributed by atoms with Crippen LogP contribution in [0.25, 0.3) is 20.8 Å². The molecule has 1 aliphatic rings. The molecule has 1 aliphatic carbocycles. The Bertz CT molecular complexity index is 1370. The molecule has 1 fully saturated rings. The van der Waals surface area contributed by atoms with Gasteiger partial charge in [-0.25, -0.2) is 9.97 Å². The Kier molecular flexibility index (Phi) is 6.83. The molecule has 37 heavy (non-hydrogen) atoms. The van der Waals surface area contributed by atoms with Gasteiger partial charge in [-0.3, -0.25) is 0 Å². The number of nitrogens with zero attached hydrogens (tertiary/aromatic N) is 3. The molecule has 5 rings (SSSR count). The van der Waals surface area contributed by atoms with E-state index in [0.29, 0.717) is 22.7 Å². The van der Waals surface area contributed by atoms with E-state index in [1.54, 1.807) is 12.3 Å². The summed E-state index contributed by atoms with van der Waals surface area (Å²) in [5, 5.41) is 38.8. The summed E-state index contributed by atoms with van der Waals surface area (Å²) in [6, 6.07) is 8.32. The van der Waals surface area contributed by atoms with Crippen molar-refractivity contribution in [1.82, 2.24) is 15.0 Å². The van der Waals surface area contributed by atoms with Crippen LogP contribution in [0, 0.1) is 12.8 Å². The van der Waals surface area contributed by atoms with Crippen LogP contribution in [-0.2, 0) is 0 Å². The number of thiazole rings is 1. The van der Waals surface area contributed by atoms with E-state index in [0.717, 1.165) is 21.6 Å². The van der Waals surface area contributed by atoms with Crippen molar-refractivity contribution in [2.75, 3.05) is 17.2 Å². The molecule has 3 heterocycles. The third kappa shape index (κ3) is 5.01. The van der Waals surface area contributed by atoms with E-state index in [1.165, 1.54) is 23.5 Å². The van der Waals surface area contributed by atoms with Crippen LogP contribution in [0.1, 0.15) is 29.5 Å². The van der Waals surface area contributed by atoms with Crippen LogP contribution in [0.5, 0.6) is 0 Å². The lowest BCUT2D eigenvalue weighted by Gasteiger charge is -2.31. The Morgan fingerprint density at radius 3 is 2.59 bits per heavy atom. The minimum Gasteiger partial charge on any atom is -0.396 e. The lowest BCUT2D eigenvalue weighted by Crippen LogP contribution is -2.48. The third-order valence-electron chi connectivity index (χ3n) is 6.43. The monoisotopic (exact) mass is 551 g/mol. The number of para-hydroxylation sites is 1. The van der Waals surface area contributed by atoms with Gasteiger partial charge in [-0.05, 0) is 43.3 Å². The lowest BCUT2D eigenvalue weighted by atomic mass is 10.0. The van der Waals surface area contributed by atoms with Crippen LogP contribution in [0.2, 0.25) is 0 Å². The van der Waals surface area contributed by atoms with Gasteiger partial charge in [-0.2, -0.15) is 18.2 Å². The summed E-state index contributed by atoms with van der Waals surface area (Å²) in [5.41, 5.74) is -0.390. The number of benzene rings is 1. The zero-order chi connectivity index (χ0) is 26.4. The Balaban J connectivity index is 1.60. The Morgan fingerprint density at radius 2 is 1.95 bits per heavy atom. The number of fused-ring (bicyclic) bond motifs is 1. The molecule has 0 radical (unpaired) electrons. The second-order valence-corrected chi connectivity index (χ2v) is 11.0. The first kappa shape index (κ1) is 25.8. The maximum Gasteiger partial charge on any atom is 0.413 e. The van der Waals surface area contributed by atoms with Crippen LogP contribution in [0.15, 0.2) is 41.8 Å². The maximum absolute atomic E-state index is 13.9. The van der Waals surface area contributed by atoms with Gasteiger partial charge < -0.3 is 26.0 Å². The molecule has 0 spiro atoms. The van der Waals surface area contributed by atoms with Gasteiger partial charge in [0.15, 0.2) is 11.8 Å². The number of nitrogens with one attached hydrogen (secondary N) is 2. The molecule has 196 valence electrons. The highest BCUT2D eigenvalue weighted by atomic mass is 32.1. The summed E-state index contributed by atoms with van der Waals surface area (Å²) >= 11 is 2.31. The first-order valence-corrected chi connectivity index (χ1v) is 13.2. The van der Waals surface area contributed by atoms with Crippen molar-refractivity contribution < 1.29 is 28.5 Å². The summed E-state index contributed by atoms with van der Waals surface area (Å²) in [6.07, 6.45) is -5.48. The largest absolute Gasteiger partial charge is 0.413 e.